The first kappa shape index (κ1) is 33.1. The van der Waals surface area contributed by atoms with E-state index in [9.17, 15) is 24.3 Å². The number of hydrogen-bond donors (Lipinski definition) is 4. The maximum absolute atomic E-state index is 14.1. The van der Waals surface area contributed by atoms with E-state index in [1.54, 1.807) is 35.7 Å². The number of hydrogen-bond acceptors (Lipinski definition) is 8. The van der Waals surface area contributed by atoms with E-state index in [0.29, 0.717) is 30.1 Å². The molecule has 0 saturated carbocycles. The lowest BCUT2D eigenvalue weighted by Gasteiger charge is -2.36. The third-order valence-electron chi connectivity index (χ3n) is 8.68. The monoisotopic (exact) mass is 625 g/mol. The Bertz CT molecular complexity index is 1360. The average molecular weight is 626 g/mol. The van der Waals surface area contributed by atoms with Crippen molar-refractivity contribution in [2.75, 3.05) is 17.3 Å². The molecule has 4 rings (SSSR count). The van der Waals surface area contributed by atoms with E-state index < -0.39 is 34.2 Å². The number of aryl methyl sites for hydroxylation is 2. The summed E-state index contributed by atoms with van der Waals surface area (Å²) in [5, 5.41) is 15.9. The minimum Gasteiger partial charge on any atom is -0.508 e. The largest absolute Gasteiger partial charge is 0.508 e. The van der Waals surface area contributed by atoms with Crippen molar-refractivity contribution in [3.63, 3.8) is 0 Å². The molecule has 0 aromatic heterocycles. The highest BCUT2D eigenvalue weighted by Gasteiger charge is 2.48. The van der Waals surface area contributed by atoms with Crippen LogP contribution in [-0.2, 0) is 38.4 Å². The molecular formula is C33H43N3O5S2. The Hall–Kier alpha value is -2.82. The molecule has 1 fully saturated rings. The average Bonchev–Trinajstić information content (AvgIpc) is 3.30. The van der Waals surface area contributed by atoms with Crippen LogP contribution in [0.3, 0.4) is 0 Å². The zero-order valence-corrected chi connectivity index (χ0v) is 27.3. The summed E-state index contributed by atoms with van der Waals surface area (Å²) in [5.41, 5.74) is 9.88. The molecule has 1 saturated heterocycles. The Balaban J connectivity index is 1.60. The first-order chi connectivity index (χ1) is 20.2. The number of rotatable bonds is 5. The third-order valence-corrected chi connectivity index (χ3v) is 11.4. The van der Waals surface area contributed by atoms with Crippen LogP contribution >= 0.6 is 23.5 Å². The molecule has 2 amide bonds. The molecule has 8 nitrogen and oxygen atoms in total. The number of phenolic OH excluding ortho intramolecular Hbond substituents is 1. The molecule has 2 aliphatic rings. The zero-order valence-electron chi connectivity index (χ0n) is 25.6. The first-order valence-corrected chi connectivity index (χ1v) is 16.8. The fourth-order valence-electron chi connectivity index (χ4n) is 6.31. The first-order valence-electron chi connectivity index (χ1n) is 14.7. The molecule has 0 radical (unpaired) electrons. The second-order valence-corrected chi connectivity index (χ2v) is 15.4. The van der Waals surface area contributed by atoms with E-state index in [0.717, 1.165) is 27.8 Å². The van der Waals surface area contributed by atoms with Gasteiger partial charge in [0.25, 0.3) is 0 Å². The Morgan fingerprint density at radius 2 is 1.67 bits per heavy atom. The number of ketones is 2. The van der Waals surface area contributed by atoms with Crippen LogP contribution in [0.5, 0.6) is 5.75 Å². The summed E-state index contributed by atoms with van der Waals surface area (Å²) in [6.45, 7) is 9.16. The Labute approximate surface area is 262 Å². The van der Waals surface area contributed by atoms with Gasteiger partial charge in [-0.3, -0.25) is 19.2 Å². The predicted molar refractivity (Wildman–Crippen MR) is 174 cm³/mol. The molecule has 0 unspecified atom stereocenters. The molecule has 1 aliphatic heterocycles. The normalized spacial score (nSPS) is 22.8. The van der Waals surface area contributed by atoms with Gasteiger partial charge in [-0.1, -0.05) is 24.3 Å². The van der Waals surface area contributed by atoms with Gasteiger partial charge in [0.1, 0.15) is 11.8 Å². The number of aromatic hydroxyl groups is 1. The number of carbonyl (C=O) groups is 4. The van der Waals surface area contributed by atoms with Gasteiger partial charge in [-0.25, -0.2) is 0 Å². The number of phenols is 1. The fourth-order valence-corrected chi connectivity index (χ4v) is 8.71. The van der Waals surface area contributed by atoms with Crippen molar-refractivity contribution in [1.82, 2.24) is 10.6 Å². The molecule has 1 heterocycles. The maximum Gasteiger partial charge on any atom is 0.237 e. The molecule has 0 bridgehead atoms. The maximum atomic E-state index is 14.1. The molecule has 5 N–H and O–H groups in total. The van der Waals surface area contributed by atoms with Gasteiger partial charge >= 0.3 is 0 Å². The van der Waals surface area contributed by atoms with Gasteiger partial charge in [-0.05, 0) is 93.8 Å². The molecule has 1 spiro atoms. The summed E-state index contributed by atoms with van der Waals surface area (Å²) >= 11 is 3.18. The second kappa shape index (κ2) is 13.4. The van der Waals surface area contributed by atoms with Crippen LogP contribution in [-0.4, -0.2) is 68.6 Å². The van der Waals surface area contributed by atoms with Gasteiger partial charge in [0.05, 0.1) is 17.5 Å². The van der Waals surface area contributed by atoms with Crippen molar-refractivity contribution >= 4 is 46.9 Å². The minimum atomic E-state index is -1.07. The second-order valence-electron chi connectivity index (χ2n) is 12.5. The van der Waals surface area contributed by atoms with E-state index >= 15 is 0 Å². The molecule has 2 aromatic carbocycles. The van der Waals surface area contributed by atoms with Crippen LogP contribution in [0.25, 0.3) is 0 Å². The van der Waals surface area contributed by atoms with Gasteiger partial charge < -0.3 is 21.5 Å². The lowest BCUT2D eigenvalue weighted by molar-refractivity contribution is -0.138. The third kappa shape index (κ3) is 7.64. The van der Waals surface area contributed by atoms with Gasteiger partial charge in [-0.2, -0.15) is 23.5 Å². The highest BCUT2D eigenvalue weighted by Crippen LogP contribution is 2.42. The summed E-state index contributed by atoms with van der Waals surface area (Å²) in [7, 11) is 0. The minimum absolute atomic E-state index is 0.0668. The van der Waals surface area contributed by atoms with Crippen LogP contribution in [0.15, 0.2) is 36.4 Å². The van der Waals surface area contributed by atoms with Crippen LogP contribution in [0.4, 0.5) is 0 Å². The highest BCUT2D eigenvalue weighted by atomic mass is 32.2. The number of nitrogens with one attached hydrogen (secondary N) is 2. The van der Waals surface area contributed by atoms with Crippen LogP contribution < -0.4 is 16.4 Å². The van der Waals surface area contributed by atoms with Crippen molar-refractivity contribution in [2.24, 2.45) is 11.1 Å². The molecule has 232 valence electrons. The van der Waals surface area contributed by atoms with Crippen molar-refractivity contribution in [3.8, 4) is 5.75 Å². The van der Waals surface area contributed by atoms with E-state index in [1.165, 1.54) is 6.92 Å². The fraction of sp³-hybridized carbons (Fsp3) is 0.515. The number of Topliss-reactive ketones (excluding diaryl/α,β-unsaturated/α-hetero) is 2. The van der Waals surface area contributed by atoms with Gasteiger partial charge in [0.2, 0.25) is 11.8 Å². The lowest BCUT2D eigenvalue weighted by atomic mass is 9.77. The molecule has 1 aliphatic carbocycles. The quantitative estimate of drug-likeness (QED) is 0.397. The molecule has 43 heavy (non-hydrogen) atoms. The van der Waals surface area contributed by atoms with Gasteiger partial charge in [0.15, 0.2) is 11.6 Å². The predicted octanol–water partition coefficient (Wildman–Crippen LogP) is 3.44. The van der Waals surface area contributed by atoms with Crippen molar-refractivity contribution in [3.05, 3.63) is 64.2 Å². The van der Waals surface area contributed by atoms with Crippen LogP contribution in [0, 0.1) is 19.3 Å². The lowest BCUT2D eigenvalue weighted by Crippen LogP contribution is -2.57. The number of nitrogens with two attached hydrogens (primary N) is 1. The number of fused-ring (bicyclic) bond motifs is 1. The number of benzene rings is 2. The number of carbonyl (C=O) groups excluding carboxylic acids is 4. The smallest absolute Gasteiger partial charge is 0.237 e. The molecule has 3 atom stereocenters. The number of amides is 2. The summed E-state index contributed by atoms with van der Waals surface area (Å²) in [6.07, 6.45) is 0.956. The van der Waals surface area contributed by atoms with Crippen molar-refractivity contribution in [1.29, 1.82) is 0 Å². The highest BCUT2D eigenvalue weighted by molar-refractivity contribution is 8.03. The Morgan fingerprint density at radius 3 is 2.26 bits per heavy atom. The Kier molecular flexibility index (Phi) is 10.3. The summed E-state index contributed by atoms with van der Waals surface area (Å²) < 4.78 is -0.544. The summed E-state index contributed by atoms with van der Waals surface area (Å²) in [5.74, 6) is 0.848. The van der Waals surface area contributed by atoms with E-state index in [1.807, 2.05) is 52.0 Å². The van der Waals surface area contributed by atoms with E-state index in [2.05, 4.69) is 10.6 Å². The topological polar surface area (TPSA) is 139 Å². The number of thioether (sulfide) groups is 2. The molecule has 2 aromatic rings. The van der Waals surface area contributed by atoms with Crippen LogP contribution in [0.2, 0.25) is 0 Å². The summed E-state index contributed by atoms with van der Waals surface area (Å²) in [6, 6.07) is 8.67. The van der Waals surface area contributed by atoms with E-state index in [4.69, 9.17) is 5.73 Å². The standard InChI is InChI=1S/C33H43N3O5S2/c1-19-12-24(38)13-20(2)25(19)14-26(34)30(40)35-27-18-42-10-11-43-32(4,5)29(21(3)37)36-31(41)33(17-28(27)39)15-22-8-6-7-9-23(22)16-33/h6-9,12-13,26-27,29,38H,10-11,14-18,34H2,1-5H3,(H,35,40)(H,36,41)/t26-,27+,29-/m0/s1. The van der Waals surface area contributed by atoms with Crippen LogP contribution in [0.1, 0.15) is 55.0 Å². The van der Waals surface area contributed by atoms with E-state index in [-0.39, 0.29) is 36.1 Å². The van der Waals surface area contributed by atoms with Crippen molar-refractivity contribution in [2.45, 2.75) is 83.2 Å². The van der Waals surface area contributed by atoms with Gasteiger partial charge in [0, 0.05) is 28.4 Å². The summed E-state index contributed by atoms with van der Waals surface area (Å²) in [4.78, 5) is 54.3. The Morgan fingerprint density at radius 1 is 1.07 bits per heavy atom. The molecule has 10 heteroatoms. The van der Waals surface area contributed by atoms with Gasteiger partial charge in [-0.15, -0.1) is 0 Å². The zero-order chi connectivity index (χ0) is 31.5. The van der Waals surface area contributed by atoms with Crippen molar-refractivity contribution < 1.29 is 24.3 Å². The SMILES string of the molecule is CC(=O)[C@@H]1NC(=O)C2(CC(=O)[C@H](NC(=O)[C@@H](N)Cc3c(C)cc(O)cc3C)CSCCSC1(C)C)Cc1ccccc1C2. The molecular weight excluding hydrogens is 583 g/mol.